The van der Waals surface area contributed by atoms with Crippen molar-refractivity contribution in [2.45, 2.75) is 59.3 Å². The molecule has 1 aromatic heterocycles. The Morgan fingerprint density at radius 2 is 2.07 bits per heavy atom. The van der Waals surface area contributed by atoms with Crippen molar-refractivity contribution in [1.29, 1.82) is 0 Å². The van der Waals surface area contributed by atoms with Crippen molar-refractivity contribution in [2.75, 3.05) is 0 Å². The maximum absolute atomic E-state index is 4.04. The minimum absolute atomic E-state index is 0.886. The fraction of sp³-hybridized carbons (Fsp3) is 0.769. The Labute approximate surface area is 93.5 Å². The summed E-state index contributed by atoms with van der Waals surface area (Å²) in [5.74, 6) is 0.886. The molecule has 1 atom stereocenters. The summed E-state index contributed by atoms with van der Waals surface area (Å²) in [7, 11) is 0. The Balaban J connectivity index is 2.13. The second-order valence-electron chi connectivity index (χ2n) is 4.66. The van der Waals surface area contributed by atoms with E-state index in [9.17, 15) is 0 Å². The average molecular weight is 208 g/mol. The lowest BCUT2D eigenvalue weighted by atomic mass is 9.97. The van der Waals surface area contributed by atoms with E-state index in [2.05, 4.69) is 31.0 Å². The van der Waals surface area contributed by atoms with E-state index in [1.807, 2.05) is 6.20 Å². The van der Waals surface area contributed by atoms with E-state index in [1.54, 1.807) is 0 Å². The minimum Gasteiger partial charge on any atom is -0.283 e. The van der Waals surface area contributed by atoms with Crippen LogP contribution in [0.25, 0.3) is 0 Å². The van der Waals surface area contributed by atoms with E-state index in [0.717, 1.165) is 5.92 Å². The molecule has 2 heteroatoms. The zero-order chi connectivity index (χ0) is 11.1. The van der Waals surface area contributed by atoms with Gasteiger partial charge < -0.3 is 0 Å². The van der Waals surface area contributed by atoms with Crippen LogP contribution in [-0.4, -0.2) is 10.2 Å². The van der Waals surface area contributed by atoms with Crippen LogP contribution in [0.2, 0.25) is 0 Å². The van der Waals surface area contributed by atoms with E-state index in [0.29, 0.717) is 0 Å². The SMILES string of the molecule is CCCCC(C)CCCc1cn[nH]c1C. The number of hydrogen-bond acceptors (Lipinski definition) is 1. The van der Waals surface area contributed by atoms with E-state index in [1.165, 1.54) is 49.8 Å². The second-order valence-corrected chi connectivity index (χ2v) is 4.66. The number of H-pyrrole nitrogens is 1. The summed E-state index contributed by atoms with van der Waals surface area (Å²) >= 11 is 0. The van der Waals surface area contributed by atoms with Crippen LogP contribution in [0, 0.1) is 12.8 Å². The maximum Gasteiger partial charge on any atom is 0.0522 e. The van der Waals surface area contributed by atoms with E-state index in [4.69, 9.17) is 0 Å². The fourth-order valence-electron chi connectivity index (χ4n) is 1.97. The molecule has 0 saturated heterocycles. The standard InChI is InChI=1S/C13H24N2/c1-4-5-7-11(2)8-6-9-13-10-14-15-12(13)3/h10-11H,4-9H2,1-3H3,(H,14,15). The summed E-state index contributed by atoms with van der Waals surface area (Å²) in [6.07, 6.45) is 9.89. The fourth-order valence-corrected chi connectivity index (χ4v) is 1.97. The molecule has 0 saturated carbocycles. The first-order valence-corrected chi connectivity index (χ1v) is 6.22. The van der Waals surface area contributed by atoms with Gasteiger partial charge in [-0.2, -0.15) is 5.10 Å². The number of hydrogen-bond donors (Lipinski definition) is 1. The largest absolute Gasteiger partial charge is 0.283 e. The van der Waals surface area contributed by atoms with Crippen molar-refractivity contribution in [3.63, 3.8) is 0 Å². The van der Waals surface area contributed by atoms with Gasteiger partial charge in [0, 0.05) is 5.69 Å². The molecular weight excluding hydrogens is 184 g/mol. The number of nitrogens with one attached hydrogen (secondary N) is 1. The van der Waals surface area contributed by atoms with Crippen LogP contribution in [0.15, 0.2) is 6.20 Å². The second kappa shape index (κ2) is 6.65. The summed E-state index contributed by atoms with van der Waals surface area (Å²) in [5.41, 5.74) is 2.62. The zero-order valence-corrected chi connectivity index (χ0v) is 10.3. The van der Waals surface area contributed by atoms with Gasteiger partial charge in [0.05, 0.1) is 6.20 Å². The minimum atomic E-state index is 0.886. The van der Waals surface area contributed by atoms with Crippen LogP contribution in [0.3, 0.4) is 0 Å². The molecule has 0 fully saturated rings. The Hall–Kier alpha value is -0.790. The predicted molar refractivity (Wildman–Crippen MR) is 65.0 cm³/mol. The Bertz CT molecular complexity index is 265. The van der Waals surface area contributed by atoms with Crippen molar-refractivity contribution in [1.82, 2.24) is 10.2 Å². The van der Waals surface area contributed by atoms with Crippen molar-refractivity contribution in [3.8, 4) is 0 Å². The highest BCUT2D eigenvalue weighted by molar-refractivity contribution is 5.14. The van der Waals surface area contributed by atoms with Crippen molar-refractivity contribution >= 4 is 0 Å². The highest BCUT2D eigenvalue weighted by atomic mass is 15.1. The lowest BCUT2D eigenvalue weighted by Gasteiger charge is -2.09. The number of aromatic nitrogens is 2. The van der Waals surface area contributed by atoms with Gasteiger partial charge in [0.2, 0.25) is 0 Å². The van der Waals surface area contributed by atoms with Gasteiger partial charge in [-0.3, -0.25) is 5.10 Å². The molecule has 15 heavy (non-hydrogen) atoms. The number of nitrogens with zero attached hydrogens (tertiary/aromatic N) is 1. The maximum atomic E-state index is 4.04. The van der Waals surface area contributed by atoms with Crippen LogP contribution in [0.1, 0.15) is 57.2 Å². The van der Waals surface area contributed by atoms with Gasteiger partial charge in [0.1, 0.15) is 0 Å². The number of rotatable bonds is 7. The highest BCUT2D eigenvalue weighted by Crippen LogP contribution is 2.16. The highest BCUT2D eigenvalue weighted by Gasteiger charge is 2.03. The predicted octanol–water partition coefficient (Wildman–Crippen LogP) is 3.87. The third kappa shape index (κ3) is 4.50. The van der Waals surface area contributed by atoms with Gasteiger partial charge in [-0.1, -0.05) is 39.5 Å². The van der Waals surface area contributed by atoms with Gasteiger partial charge in [-0.25, -0.2) is 0 Å². The molecule has 1 rings (SSSR count). The summed E-state index contributed by atoms with van der Waals surface area (Å²) in [4.78, 5) is 0. The first-order valence-electron chi connectivity index (χ1n) is 6.22. The van der Waals surface area contributed by atoms with Crippen LogP contribution in [-0.2, 0) is 6.42 Å². The van der Waals surface area contributed by atoms with Gasteiger partial charge >= 0.3 is 0 Å². The van der Waals surface area contributed by atoms with E-state index in [-0.39, 0.29) is 0 Å². The molecule has 0 amide bonds. The molecule has 0 bridgehead atoms. The first kappa shape index (κ1) is 12.3. The van der Waals surface area contributed by atoms with Gasteiger partial charge in [0.25, 0.3) is 0 Å². The molecule has 0 aliphatic heterocycles. The van der Waals surface area contributed by atoms with Crippen LogP contribution in [0.4, 0.5) is 0 Å². The molecule has 0 aromatic carbocycles. The van der Waals surface area contributed by atoms with Crippen molar-refractivity contribution in [3.05, 3.63) is 17.5 Å². The zero-order valence-electron chi connectivity index (χ0n) is 10.3. The van der Waals surface area contributed by atoms with E-state index >= 15 is 0 Å². The molecule has 0 radical (unpaired) electrons. The summed E-state index contributed by atoms with van der Waals surface area (Å²) in [6, 6.07) is 0. The first-order chi connectivity index (χ1) is 7.24. The van der Waals surface area contributed by atoms with Crippen molar-refractivity contribution < 1.29 is 0 Å². The summed E-state index contributed by atoms with van der Waals surface area (Å²) < 4.78 is 0. The number of unbranched alkanes of at least 4 members (excludes halogenated alkanes) is 1. The monoisotopic (exact) mass is 208 g/mol. The molecule has 1 unspecified atom stereocenters. The van der Waals surface area contributed by atoms with Crippen molar-refractivity contribution in [2.24, 2.45) is 5.92 Å². The molecule has 1 heterocycles. The van der Waals surface area contributed by atoms with Crippen LogP contribution in [0.5, 0.6) is 0 Å². The number of aromatic amines is 1. The third-order valence-corrected chi connectivity index (χ3v) is 3.13. The molecule has 0 aliphatic rings. The smallest absolute Gasteiger partial charge is 0.0522 e. The average Bonchev–Trinajstić information content (AvgIpc) is 2.61. The lowest BCUT2D eigenvalue weighted by Crippen LogP contribution is -1.96. The van der Waals surface area contributed by atoms with Gasteiger partial charge in [0.15, 0.2) is 0 Å². The molecule has 0 aliphatic carbocycles. The molecule has 1 N–H and O–H groups in total. The Morgan fingerprint density at radius 1 is 1.33 bits per heavy atom. The summed E-state index contributed by atoms with van der Waals surface area (Å²) in [5, 5.41) is 7.04. The third-order valence-electron chi connectivity index (χ3n) is 3.13. The van der Waals surface area contributed by atoms with E-state index < -0.39 is 0 Å². The summed E-state index contributed by atoms with van der Waals surface area (Å²) in [6.45, 7) is 6.74. The molecular formula is C13H24N2. The van der Waals surface area contributed by atoms with Crippen LogP contribution >= 0.6 is 0 Å². The molecule has 2 nitrogen and oxygen atoms in total. The number of aryl methyl sites for hydroxylation is 2. The lowest BCUT2D eigenvalue weighted by molar-refractivity contribution is 0.457. The molecule has 0 spiro atoms. The quantitative estimate of drug-likeness (QED) is 0.724. The van der Waals surface area contributed by atoms with Gasteiger partial charge in [-0.15, -0.1) is 0 Å². The molecule has 1 aromatic rings. The van der Waals surface area contributed by atoms with Gasteiger partial charge in [-0.05, 0) is 31.2 Å². The topological polar surface area (TPSA) is 28.7 Å². The Kier molecular flexibility index (Phi) is 5.44. The van der Waals surface area contributed by atoms with Crippen LogP contribution < -0.4 is 0 Å². The Morgan fingerprint density at radius 3 is 2.67 bits per heavy atom. The molecule has 86 valence electrons. The normalized spacial score (nSPS) is 13.0.